The lowest BCUT2D eigenvalue weighted by molar-refractivity contribution is 0.620. The van der Waals surface area contributed by atoms with Crippen LogP contribution >= 0.6 is 0 Å². The van der Waals surface area contributed by atoms with Crippen molar-refractivity contribution in [2.24, 2.45) is 5.73 Å². The lowest BCUT2D eigenvalue weighted by atomic mass is 10.1. The number of hydrogen-bond acceptors (Lipinski definition) is 2. The Kier molecular flexibility index (Phi) is 3.45. The van der Waals surface area contributed by atoms with E-state index in [9.17, 15) is 4.39 Å². The molecule has 4 heteroatoms. The zero-order valence-electron chi connectivity index (χ0n) is 10.1. The Morgan fingerprint density at radius 1 is 1.44 bits per heavy atom. The first-order chi connectivity index (χ1) is 8.60. The Labute approximate surface area is 105 Å². The molecule has 0 amide bonds. The third-order valence-electron chi connectivity index (χ3n) is 2.77. The van der Waals surface area contributed by atoms with Crippen LogP contribution in [0.15, 0.2) is 36.5 Å². The third kappa shape index (κ3) is 2.58. The molecule has 0 saturated heterocycles. The zero-order valence-corrected chi connectivity index (χ0v) is 10.1. The molecule has 0 bridgehead atoms. The molecule has 2 N–H and O–H groups in total. The molecular weight excluding hydrogens is 229 g/mol. The second-order valence-electron chi connectivity index (χ2n) is 4.31. The highest BCUT2D eigenvalue weighted by Gasteiger charge is 2.07. The van der Waals surface area contributed by atoms with Crippen molar-refractivity contribution in [2.45, 2.75) is 19.5 Å². The molecule has 92 valence electrons. The van der Waals surface area contributed by atoms with Crippen molar-refractivity contribution in [3.05, 3.63) is 59.2 Å². The normalized spacial score (nSPS) is 12.1. The average Bonchev–Trinajstić information content (AvgIpc) is 2.76. The fraction of sp³-hybridized carbons (Fsp3) is 0.214. The van der Waals surface area contributed by atoms with Crippen molar-refractivity contribution < 1.29 is 4.39 Å². The van der Waals surface area contributed by atoms with Gasteiger partial charge in [0.1, 0.15) is 5.82 Å². The van der Waals surface area contributed by atoms with Gasteiger partial charge in [-0.2, -0.15) is 5.26 Å². The molecule has 1 heterocycles. The van der Waals surface area contributed by atoms with E-state index in [1.807, 2.05) is 35.9 Å². The van der Waals surface area contributed by atoms with Crippen LogP contribution in [0.25, 0.3) is 0 Å². The van der Waals surface area contributed by atoms with E-state index >= 15 is 0 Å². The Morgan fingerprint density at radius 3 is 2.89 bits per heavy atom. The van der Waals surface area contributed by atoms with Gasteiger partial charge in [0.25, 0.3) is 0 Å². The number of benzene rings is 1. The van der Waals surface area contributed by atoms with Gasteiger partial charge in [0.05, 0.1) is 11.6 Å². The van der Waals surface area contributed by atoms with Crippen LogP contribution in [0, 0.1) is 17.1 Å². The van der Waals surface area contributed by atoms with E-state index in [2.05, 4.69) is 0 Å². The monoisotopic (exact) mass is 243 g/mol. The first-order valence-electron chi connectivity index (χ1n) is 5.70. The first kappa shape index (κ1) is 12.3. The number of rotatable bonds is 3. The Balaban J connectivity index is 2.31. The predicted molar refractivity (Wildman–Crippen MR) is 67.3 cm³/mol. The number of nitrogens with zero attached hydrogens (tertiary/aromatic N) is 2. The molecule has 0 aliphatic carbocycles. The highest BCUT2D eigenvalue weighted by Crippen LogP contribution is 2.15. The minimum Gasteiger partial charge on any atom is -0.346 e. The lowest BCUT2D eigenvalue weighted by Crippen LogP contribution is -2.12. The van der Waals surface area contributed by atoms with Gasteiger partial charge >= 0.3 is 0 Å². The van der Waals surface area contributed by atoms with Crippen molar-refractivity contribution in [1.29, 1.82) is 5.26 Å². The summed E-state index contributed by atoms with van der Waals surface area (Å²) in [6.45, 7) is 2.41. The van der Waals surface area contributed by atoms with Gasteiger partial charge in [0.15, 0.2) is 0 Å². The molecule has 1 aromatic carbocycles. The molecule has 0 aliphatic heterocycles. The third-order valence-corrected chi connectivity index (χ3v) is 2.77. The summed E-state index contributed by atoms with van der Waals surface area (Å²) >= 11 is 0. The van der Waals surface area contributed by atoms with Gasteiger partial charge in [-0.1, -0.05) is 0 Å². The van der Waals surface area contributed by atoms with Crippen LogP contribution in [-0.2, 0) is 6.54 Å². The molecule has 18 heavy (non-hydrogen) atoms. The molecule has 0 saturated carbocycles. The fourth-order valence-corrected chi connectivity index (χ4v) is 1.99. The molecule has 0 fully saturated rings. The Morgan fingerprint density at radius 2 is 2.22 bits per heavy atom. The van der Waals surface area contributed by atoms with Crippen LogP contribution in [0.4, 0.5) is 4.39 Å². The van der Waals surface area contributed by atoms with Gasteiger partial charge in [0.2, 0.25) is 0 Å². The summed E-state index contributed by atoms with van der Waals surface area (Å²) in [6.07, 6.45) is 1.90. The van der Waals surface area contributed by atoms with Crippen molar-refractivity contribution >= 4 is 0 Å². The van der Waals surface area contributed by atoms with Crippen LogP contribution in [0.2, 0.25) is 0 Å². The second kappa shape index (κ2) is 5.03. The molecular formula is C14H14FN3. The number of nitriles is 1. The number of halogens is 1. The SMILES string of the molecule is CC(N)c1cccn1Cc1cc(F)cc(C#N)c1. The van der Waals surface area contributed by atoms with Crippen molar-refractivity contribution in [2.75, 3.05) is 0 Å². The van der Waals surface area contributed by atoms with E-state index in [0.29, 0.717) is 12.1 Å². The molecule has 1 aromatic heterocycles. The average molecular weight is 243 g/mol. The lowest BCUT2D eigenvalue weighted by Gasteiger charge is -2.12. The number of nitrogens with two attached hydrogens (primary N) is 1. The topological polar surface area (TPSA) is 54.7 Å². The fourth-order valence-electron chi connectivity index (χ4n) is 1.99. The van der Waals surface area contributed by atoms with Crippen LogP contribution in [0.5, 0.6) is 0 Å². The highest BCUT2D eigenvalue weighted by atomic mass is 19.1. The van der Waals surface area contributed by atoms with E-state index in [4.69, 9.17) is 11.0 Å². The predicted octanol–water partition coefficient (Wildman–Crippen LogP) is 2.57. The van der Waals surface area contributed by atoms with Gasteiger partial charge in [-0.05, 0) is 42.8 Å². The summed E-state index contributed by atoms with van der Waals surface area (Å²) in [6, 6.07) is 10.1. The largest absolute Gasteiger partial charge is 0.346 e. The number of hydrogen-bond donors (Lipinski definition) is 1. The molecule has 1 atom stereocenters. The van der Waals surface area contributed by atoms with E-state index in [-0.39, 0.29) is 6.04 Å². The minimum absolute atomic E-state index is 0.0796. The van der Waals surface area contributed by atoms with E-state index in [0.717, 1.165) is 11.3 Å². The van der Waals surface area contributed by atoms with Crippen molar-refractivity contribution in [1.82, 2.24) is 4.57 Å². The highest BCUT2D eigenvalue weighted by molar-refractivity contribution is 5.34. The van der Waals surface area contributed by atoms with Crippen LogP contribution in [0.3, 0.4) is 0 Å². The summed E-state index contributed by atoms with van der Waals surface area (Å²) < 4.78 is 15.3. The maximum atomic E-state index is 13.3. The molecule has 2 rings (SSSR count). The van der Waals surface area contributed by atoms with Gasteiger partial charge in [-0.15, -0.1) is 0 Å². The van der Waals surface area contributed by atoms with Crippen molar-refractivity contribution in [3.8, 4) is 6.07 Å². The summed E-state index contributed by atoms with van der Waals surface area (Å²) in [7, 11) is 0. The van der Waals surface area contributed by atoms with Gasteiger partial charge in [-0.3, -0.25) is 0 Å². The maximum Gasteiger partial charge on any atom is 0.124 e. The summed E-state index contributed by atoms with van der Waals surface area (Å²) in [5.74, 6) is -0.390. The number of aromatic nitrogens is 1. The first-order valence-corrected chi connectivity index (χ1v) is 5.70. The Hall–Kier alpha value is -2.12. The summed E-state index contributed by atoms with van der Waals surface area (Å²) in [5, 5.41) is 8.81. The van der Waals surface area contributed by atoms with Crippen LogP contribution in [-0.4, -0.2) is 4.57 Å². The Bertz CT molecular complexity index is 593. The zero-order chi connectivity index (χ0) is 13.1. The molecule has 0 spiro atoms. The van der Waals surface area contributed by atoms with E-state index in [1.54, 1.807) is 6.07 Å². The second-order valence-corrected chi connectivity index (χ2v) is 4.31. The quantitative estimate of drug-likeness (QED) is 0.900. The minimum atomic E-state index is -0.390. The molecule has 1 unspecified atom stereocenters. The standard InChI is InChI=1S/C14H14FN3/c1-10(17)14-3-2-4-18(14)9-12-5-11(8-16)6-13(15)7-12/h2-7,10H,9,17H2,1H3. The summed E-state index contributed by atoms with van der Waals surface area (Å²) in [5.41, 5.74) is 7.92. The van der Waals surface area contributed by atoms with E-state index < -0.39 is 5.82 Å². The molecule has 3 nitrogen and oxygen atoms in total. The molecule has 0 radical (unpaired) electrons. The van der Waals surface area contributed by atoms with Crippen LogP contribution in [0.1, 0.15) is 29.8 Å². The van der Waals surface area contributed by atoms with Gasteiger partial charge in [-0.25, -0.2) is 4.39 Å². The van der Waals surface area contributed by atoms with E-state index in [1.165, 1.54) is 12.1 Å². The maximum absolute atomic E-state index is 13.3. The van der Waals surface area contributed by atoms with Crippen LogP contribution < -0.4 is 5.73 Å². The van der Waals surface area contributed by atoms with Crippen molar-refractivity contribution in [3.63, 3.8) is 0 Å². The van der Waals surface area contributed by atoms with Gasteiger partial charge < -0.3 is 10.3 Å². The molecule has 2 aromatic rings. The summed E-state index contributed by atoms with van der Waals surface area (Å²) in [4.78, 5) is 0. The van der Waals surface area contributed by atoms with Gasteiger partial charge in [0, 0.05) is 24.5 Å². The molecule has 0 aliphatic rings. The smallest absolute Gasteiger partial charge is 0.124 e.